The zero-order valence-electron chi connectivity index (χ0n) is 23.5. The molecule has 0 saturated heterocycles. The van der Waals surface area contributed by atoms with Crippen molar-refractivity contribution < 1.29 is 23.9 Å². The molecule has 2 N–H and O–H groups in total. The highest BCUT2D eigenvalue weighted by molar-refractivity contribution is 6.47. The van der Waals surface area contributed by atoms with E-state index < -0.39 is 17.4 Å². The molecule has 0 unspecified atom stereocenters. The van der Waals surface area contributed by atoms with Crippen LogP contribution in [0, 0.1) is 17.2 Å². The molecule has 1 heterocycles. The Kier molecular flexibility index (Phi) is 8.69. The van der Waals surface area contributed by atoms with Crippen LogP contribution in [0.15, 0.2) is 47.5 Å². The molecule has 40 heavy (non-hydrogen) atoms. The van der Waals surface area contributed by atoms with Crippen LogP contribution in [0.25, 0.3) is 0 Å². The van der Waals surface area contributed by atoms with Gasteiger partial charge >= 0.3 is 5.97 Å². The van der Waals surface area contributed by atoms with Crippen molar-refractivity contribution in [2.24, 2.45) is 16.3 Å². The zero-order valence-corrected chi connectivity index (χ0v) is 24.2. The fraction of sp³-hybridized carbons (Fsp3) is 0.484. The van der Waals surface area contributed by atoms with Gasteiger partial charge in [-0.05, 0) is 79.3 Å². The molecule has 1 saturated carbocycles. The van der Waals surface area contributed by atoms with Gasteiger partial charge < -0.3 is 15.3 Å². The molecule has 1 spiro atoms. The minimum Gasteiger partial charge on any atom is -0.481 e. The number of rotatable bonds is 8. The Morgan fingerprint density at radius 3 is 2.38 bits per heavy atom. The van der Waals surface area contributed by atoms with Crippen molar-refractivity contribution in [1.82, 2.24) is 10.2 Å². The maximum absolute atomic E-state index is 14.3. The lowest BCUT2D eigenvalue weighted by Gasteiger charge is -2.47. The molecule has 2 aromatic carbocycles. The van der Waals surface area contributed by atoms with E-state index >= 15 is 0 Å². The monoisotopic (exact) mass is 569 g/mol. The lowest BCUT2D eigenvalue weighted by atomic mass is 9.69. The third-order valence-corrected chi connectivity index (χ3v) is 8.44. The molecule has 0 aromatic heterocycles. The van der Waals surface area contributed by atoms with Crippen LogP contribution in [0.3, 0.4) is 0 Å². The lowest BCUT2D eigenvalue weighted by molar-refractivity contribution is -0.137. The number of aliphatic imine (C=N–C) groups is 1. The Bertz CT molecular complexity index is 1290. The van der Waals surface area contributed by atoms with Crippen molar-refractivity contribution in [1.29, 1.82) is 0 Å². The summed E-state index contributed by atoms with van der Waals surface area (Å²) in [6, 6.07) is 10.8. The fourth-order valence-corrected chi connectivity index (χ4v) is 6.25. The van der Waals surface area contributed by atoms with Crippen molar-refractivity contribution in [3.05, 3.63) is 70.0 Å². The molecular weight excluding hydrogens is 533 g/mol. The van der Waals surface area contributed by atoms with Gasteiger partial charge in [0.25, 0.3) is 11.8 Å². The highest BCUT2D eigenvalue weighted by Gasteiger charge is 2.52. The van der Waals surface area contributed by atoms with E-state index in [-0.39, 0.29) is 47.0 Å². The topological polar surface area (TPSA) is 99.1 Å². The second kappa shape index (κ2) is 11.7. The molecule has 2 aromatic rings. The average molecular weight is 570 g/mol. The van der Waals surface area contributed by atoms with Crippen LogP contribution < -0.4 is 5.32 Å². The minimum absolute atomic E-state index is 0.0398. The first-order chi connectivity index (χ1) is 18.8. The largest absolute Gasteiger partial charge is 0.481 e. The van der Waals surface area contributed by atoms with Crippen molar-refractivity contribution >= 4 is 35.1 Å². The Morgan fingerprint density at radius 1 is 1.18 bits per heavy atom. The predicted octanol–water partition coefficient (Wildman–Crippen LogP) is 6.40. The summed E-state index contributed by atoms with van der Waals surface area (Å²) >= 11 is 6.15. The van der Waals surface area contributed by atoms with E-state index in [1.807, 2.05) is 24.0 Å². The molecule has 0 bridgehead atoms. The number of carboxylic acid groups (broad SMARTS) is 1. The third-order valence-electron chi connectivity index (χ3n) is 8.22. The first-order valence-corrected chi connectivity index (χ1v) is 14.2. The van der Waals surface area contributed by atoms with E-state index in [0.29, 0.717) is 36.3 Å². The van der Waals surface area contributed by atoms with Gasteiger partial charge in [-0.3, -0.25) is 19.4 Å². The van der Waals surface area contributed by atoms with Gasteiger partial charge in [-0.25, -0.2) is 4.39 Å². The average Bonchev–Trinajstić information content (AvgIpc) is 3.15. The lowest BCUT2D eigenvalue weighted by Crippen LogP contribution is -2.51. The number of carbonyl (C=O) groups excluding carboxylic acids is 2. The number of nitrogens with zero attached hydrogens (tertiary/aromatic N) is 2. The normalized spacial score (nSPS) is 21.9. The van der Waals surface area contributed by atoms with Crippen LogP contribution >= 0.6 is 11.6 Å². The molecule has 1 atom stereocenters. The summed E-state index contributed by atoms with van der Waals surface area (Å²) in [6.45, 7) is 8.77. The van der Waals surface area contributed by atoms with Gasteiger partial charge in [-0.1, -0.05) is 51.4 Å². The first-order valence-electron chi connectivity index (χ1n) is 13.8. The predicted molar refractivity (Wildman–Crippen MR) is 153 cm³/mol. The molecule has 2 aliphatic rings. The van der Waals surface area contributed by atoms with Crippen molar-refractivity contribution in [2.45, 2.75) is 77.9 Å². The Hall–Kier alpha value is -3.26. The number of carbonyl (C=O) groups is 3. The summed E-state index contributed by atoms with van der Waals surface area (Å²) < 4.78 is 14.3. The van der Waals surface area contributed by atoms with E-state index in [0.717, 1.165) is 18.4 Å². The molecule has 9 heteroatoms. The molecule has 4 rings (SSSR count). The second-order valence-electron chi connectivity index (χ2n) is 11.9. The Labute approximate surface area is 239 Å². The van der Waals surface area contributed by atoms with Crippen LogP contribution in [0.4, 0.5) is 4.39 Å². The minimum atomic E-state index is -0.982. The van der Waals surface area contributed by atoms with Crippen molar-refractivity contribution in [3.8, 4) is 0 Å². The van der Waals surface area contributed by atoms with Crippen LogP contribution in [-0.2, 0) is 9.59 Å². The van der Waals surface area contributed by atoms with Gasteiger partial charge in [-0.15, -0.1) is 0 Å². The number of nitrogens with one attached hydrogen (secondary N) is 1. The molecular formula is C31H37ClFN3O4. The second-order valence-corrected chi connectivity index (χ2v) is 12.3. The van der Waals surface area contributed by atoms with Crippen LogP contribution in [-0.4, -0.2) is 45.7 Å². The first kappa shape index (κ1) is 29.7. The van der Waals surface area contributed by atoms with E-state index in [9.17, 15) is 18.8 Å². The van der Waals surface area contributed by atoms with Gasteiger partial charge in [0.2, 0.25) is 0 Å². The summed E-state index contributed by atoms with van der Waals surface area (Å²) in [5.41, 5.74) is 1.26. The highest BCUT2D eigenvalue weighted by Crippen LogP contribution is 2.49. The molecule has 2 amide bonds. The van der Waals surface area contributed by atoms with Crippen LogP contribution in [0.2, 0.25) is 5.02 Å². The van der Waals surface area contributed by atoms with Gasteiger partial charge in [0.05, 0.1) is 12.5 Å². The summed E-state index contributed by atoms with van der Waals surface area (Å²) in [5, 5.41) is 11.6. The van der Waals surface area contributed by atoms with E-state index in [1.54, 1.807) is 18.2 Å². The molecule has 1 fully saturated rings. The number of halogens is 2. The SMILES string of the molecule is CC[C@H](c1ccc(C(=O)NCCC(=O)O)cc1)N1C(=O)C(c2cc(F)cc(Cl)c2)=NC12CCC(C(C)(C)C)CC2. The quantitative estimate of drug-likeness (QED) is 0.384. The van der Waals surface area contributed by atoms with Crippen LogP contribution in [0.1, 0.15) is 93.7 Å². The molecule has 1 aliphatic carbocycles. The number of benzene rings is 2. The maximum atomic E-state index is 14.3. The van der Waals surface area contributed by atoms with E-state index in [1.165, 1.54) is 12.1 Å². The van der Waals surface area contributed by atoms with E-state index in [2.05, 4.69) is 26.1 Å². The molecule has 0 radical (unpaired) electrons. The van der Waals surface area contributed by atoms with Crippen LogP contribution in [0.5, 0.6) is 0 Å². The van der Waals surface area contributed by atoms with Crippen molar-refractivity contribution in [3.63, 3.8) is 0 Å². The number of hydrogen-bond donors (Lipinski definition) is 2. The highest BCUT2D eigenvalue weighted by atomic mass is 35.5. The maximum Gasteiger partial charge on any atom is 0.305 e. The summed E-state index contributed by atoms with van der Waals surface area (Å²) in [4.78, 5) is 44.3. The van der Waals surface area contributed by atoms with Gasteiger partial charge in [0.15, 0.2) is 0 Å². The molecule has 214 valence electrons. The zero-order chi connectivity index (χ0) is 29.2. The number of amides is 2. The van der Waals surface area contributed by atoms with Crippen molar-refractivity contribution in [2.75, 3.05) is 6.54 Å². The number of carboxylic acids is 1. The van der Waals surface area contributed by atoms with Gasteiger partial charge in [0.1, 0.15) is 17.2 Å². The summed E-state index contributed by atoms with van der Waals surface area (Å²) in [5.74, 6) is -1.62. The third kappa shape index (κ3) is 6.22. The van der Waals surface area contributed by atoms with Gasteiger partial charge in [-0.2, -0.15) is 0 Å². The van der Waals surface area contributed by atoms with E-state index in [4.69, 9.17) is 21.7 Å². The summed E-state index contributed by atoms with van der Waals surface area (Å²) in [6.07, 6.45) is 3.70. The molecule has 1 aliphatic heterocycles. The number of hydrogen-bond acceptors (Lipinski definition) is 4. The fourth-order valence-electron chi connectivity index (χ4n) is 6.03. The summed E-state index contributed by atoms with van der Waals surface area (Å²) in [7, 11) is 0. The Morgan fingerprint density at radius 2 is 1.82 bits per heavy atom. The standard InChI is InChI=1S/C31H37ClFN3O4/c1-5-25(19-6-8-20(9-7-19)28(39)34-15-12-26(37)38)36-29(40)27(21-16-23(32)18-24(33)17-21)35-31(36)13-10-22(11-14-31)30(2,3)4/h6-9,16-18,22,25H,5,10-15H2,1-4H3,(H,34,39)(H,37,38)/t22?,25-,31?/m1/s1. The smallest absolute Gasteiger partial charge is 0.305 e. The van der Waals surface area contributed by atoms with Gasteiger partial charge in [0, 0.05) is 22.7 Å². The Balaban J connectivity index is 1.67. The molecule has 7 nitrogen and oxygen atoms in total. The number of aliphatic carboxylic acids is 1.